The molecule has 0 aliphatic carbocycles. The number of aliphatic hydroxyl groups is 2. The molecular weight excluding hydrogens is 496 g/mol. The number of ether oxygens (including phenoxy) is 1. The molecule has 0 aromatic heterocycles. The number of carbonyl (C=O) groups is 3. The number of carboxylic acid groups (broad SMARTS) is 1. The maximum atomic E-state index is 12.6. The molecule has 0 heterocycles. The van der Waals surface area contributed by atoms with Crippen molar-refractivity contribution < 1.29 is 34.4 Å². The van der Waals surface area contributed by atoms with Crippen molar-refractivity contribution in [1.82, 2.24) is 10.6 Å². The summed E-state index contributed by atoms with van der Waals surface area (Å²) in [6.07, 6.45) is 7.19. The van der Waals surface area contributed by atoms with Gasteiger partial charge in [-0.3, -0.25) is 4.79 Å². The Morgan fingerprint density at radius 3 is 1.97 bits per heavy atom. The van der Waals surface area contributed by atoms with E-state index in [9.17, 15) is 29.7 Å². The Hall–Kier alpha value is -2.30. The Bertz CT molecular complexity index is 825. The lowest BCUT2D eigenvalue weighted by atomic mass is 10.1. The summed E-state index contributed by atoms with van der Waals surface area (Å²) in [4.78, 5) is 36.3. The van der Waals surface area contributed by atoms with E-state index in [-0.39, 0.29) is 5.75 Å². The molecule has 0 radical (unpaired) electrons. The van der Waals surface area contributed by atoms with Gasteiger partial charge in [0.15, 0.2) is 6.29 Å². The maximum Gasteiger partial charge on any atom is 0.408 e. The minimum absolute atomic E-state index is 0.106. The average molecular weight is 543 g/mol. The number of nitrogens with one attached hydrogen (secondary N) is 2. The van der Waals surface area contributed by atoms with Crippen LogP contribution >= 0.6 is 11.8 Å². The summed E-state index contributed by atoms with van der Waals surface area (Å²) in [6.45, 7) is 13.3. The van der Waals surface area contributed by atoms with Gasteiger partial charge in [-0.25, -0.2) is 9.59 Å². The van der Waals surface area contributed by atoms with Crippen molar-refractivity contribution in [2.24, 2.45) is 0 Å². The minimum atomic E-state index is -1.88. The van der Waals surface area contributed by atoms with Crippen molar-refractivity contribution >= 4 is 29.7 Å². The van der Waals surface area contributed by atoms with Crippen LogP contribution in [0.2, 0.25) is 0 Å². The predicted molar refractivity (Wildman–Crippen MR) is 148 cm³/mol. The lowest BCUT2D eigenvalue weighted by Gasteiger charge is -2.24. The van der Waals surface area contributed by atoms with Gasteiger partial charge in [0.2, 0.25) is 5.91 Å². The van der Waals surface area contributed by atoms with Gasteiger partial charge in [0.05, 0.1) is 0 Å². The zero-order valence-electron chi connectivity index (χ0n) is 23.3. The van der Waals surface area contributed by atoms with Crippen LogP contribution in [0.3, 0.4) is 0 Å². The molecule has 0 saturated carbocycles. The number of allylic oxidation sites excluding steroid dienone is 5. The Labute approximate surface area is 225 Å². The second kappa shape index (κ2) is 18.0. The van der Waals surface area contributed by atoms with Crippen molar-refractivity contribution in [3.05, 3.63) is 34.9 Å². The second-order valence-electron chi connectivity index (χ2n) is 10.3. The summed E-state index contributed by atoms with van der Waals surface area (Å²) >= 11 is 1.36. The summed E-state index contributed by atoms with van der Waals surface area (Å²) in [5.41, 5.74) is 3.08. The van der Waals surface area contributed by atoms with Gasteiger partial charge in [0, 0.05) is 17.9 Å². The van der Waals surface area contributed by atoms with Gasteiger partial charge in [-0.1, -0.05) is 34.9 Å². The number of carbonyl (C=O) groups excluding carboxylic acids is 2. The lowest BCUT2D eigenvalue weighted by molar-refractivity contribution is -0.141. The van der Waals surface area contributed by atoms with Crippen molar-refractivity contribution in [2.75, 3.05) is 11.5 Å². The summed E-state index contributed by atoms with van der Waals surface area (Å²) in [7, 11) is 0. The minimum Gasteiger partial charge on any atom is -0.480 e. The lowest BCUT2D eigenvalue weighted by Crippen LogP contribution is -2.54. The van der Waals surface area contributed by atoms with Crippen molar-refractivity contribution in [3.63, 3.8) is 0 Å². The number of hydrogen-bond acceptors (Lipinski definition) is 7. The molecule has 37 heavy (non-hydrogen) atoms. The quantitative estimate of drug-likeness (QED) is 0.110. The Balaban J connectivity index is 4.76. The van der Waals surface area contributed by atoms with Crippen LogP contribution in [0.25, 0.3) is 0 Å². The van der Waals surface area contributed by atoms with Gasteiger partial charge >= 0.3 is 12.1 Å². The van der Waals surface area contributed by atoms with Crippen molar-refractivity contribution in [1.29, 1.82) is 0 Å². The number of thioether (sulfide) groups is 1. The summed E-state index contributed by atoms with van der Waals surface area (Å²) in [5.74, 6) is -1.38. The predicted octanol–water partition coefficient (Wildman–Crippen LogP) is 4.30. The van der Waals surface area contributed by atoms with Gasteiger partial charge < -0.3 is 30.7 Å². The van der Waals surface area contributed by atoms with E-state index in [2.05, 4.69) is 43.6 Å². The molecule has 0 saturated heterocycles. The molecule has 0 aromatic rings. The highest BCUT2D eigenvalue weighted by Gasteiger charge is 2.29. The first-order valence-corrected chi connectivity index (χ1v) is 13.7. The highest BCUT2D eigenvalue weighted by molar-refractivity contribution is 7.99. The fourth-order valence-corrected chi connectivity index (χ4v) is 4.07. The molecule has 5 N–H and O–H groups in total. The van der Waals surface area contributed by atoms with Gasteiger partial charge in [0.25, 0.3) is 0 Å². The fourth-order valence-electron chi connectivity index (χ4n) is 3.07. The summed E-state index contributed by atoms with van der Waals surface area (Å²) < 4.78 is 5.09. The molecule has 1 unspecified atom stereocenters. The molecule has 0 rings (SSSR count). The van der Waals surface area contributed by atoms with E-state index < -0.39 is 48.4 Å². The Morgan fingerprint density at radius 1 is 0.892 bits per heavy atom. The van der Waals surface area contributed by atoms with Crippen LogP contribution in [0.15, 0.2) is 34.9 Å². The molecule has 0 aliphatic rings. The number of alkyl carbamates (subject to hydrolysis) is 1. The van der Waals surface area contributed by atoms with Gasteiger partial charge in [-0.2, -0.15) is 11.8 Å². The molecule has 0 aromatic carbocycles. The number of aliphatic hydroxyl groups excluding tert-OH is 1. The molecule has 2 atom stereocenters. The van der Waals surface area contributed by atoms with Crippen LogP contribution in [-0.4, -0.2) is 68.8 Å². The van der Waals surface area contributed by atoms with Crippen LogP contribution in [0, 0.1) is 0 Å². The molecule has 0 spiro atoms. The molecule has 0 bridgehead atoms. The normalized spacial score (nSPS) is 14.1. The van der Waals surface area contributed by atoms with E-state index >= 15 is 0 Å². The van der Waals surface area contributed by atoms with Crippen LogP contribution in [0.4, 0.5) is 4.79 Å². The van der Waals surface area contributed by atoms with E-state index in [4.69, 9.17) is 4.74 Å². The number of carboxylic acids is 1. The SMILES string of the molecule is CC(C)=CCC/C(C)=C/CC/C(C)=C/CSC[C@H](NC(=O)C(CC(O)O)NC(=O)OC(C)(C)C)C(=O)O. The molecule has 212 valence electrons. The van der Waals surface area contributed by atoms with Crippen LogP contribution in [-0.2, 0) is 14.3 Å². The standard InChI is InChI=1S/C27H46N2O7S/c1-18(2)10-8-11-19(3)12-9-13-20(4)14-15-37-17-22(25(33)34)28-24(32)21(16-23(30)31)29-26(35)36-27(5,6)7/h10,12,14,21-23,30-31H,8-9,11,13,15-17H2,1-7H3,(H,28,32)(H,29,35)(H,33,34)/b19-12+,20-14+/t21?,22-/m0/s1. The Morgan fingerprint density at radius 2 is 1.46 bits per heavy atom. The molecular formula is C27H46N2O7S. The second-order valence-corrected chi connectivity index (χ2v) is 11.4. The van der Waals surface area contributed by atoms with Gasteiger partial charge in [-0.05, 0) is 74.1 Å². The van der Waals surface area contributed by atoms with E-state index in [1.807, 2.05) is 13.0 Å². The molecule has 9 nitrogen and oxygen atoms in total. The van der Waals surface area contributed by atoms with Crippen LogP contribution < -0.4 is 10.6 Å². The van der Waals surface area contributed by atoms with E-state index in [1.54, 1.807) is 20.8 Å². The van der Waals surface area contributed by atoms with Gasteiger partial charge in [0.1, 0.15) is 17.7 Å². The summed E-state index contributed by atoms with van der Waals surface area (Å²) in [5, 5.41) is 32.7. The zero-order valence-corrected chi connectivity index (χ0v) is 24.1. The third kappa shape index (κ3) is 19.5. The first-order chi connectivity index (χ1) is 17.1. The van der Waals surface area contributed by atoms with E-state index in [1.165, 1.54) is 28.5 Å². The average Bonchev–Trinajstić information content (AvgIpc) is 2.73. The van der Waals surface area contributed by atoms with E-state index in [0.29, 0.717) is 5.75 Å². The topological polar surface area (TPSA) is 145 Å². The first-order valence-electron chi connectivity index (χ1n) is 12.5. The maximum absolute atomic E-state index is 12.6. The molecule has 10 heteroatoms. The van der Waals surface area contributed by atoms with Crippen LogP contribution in [0.5, 0.6) is 0 Å². The number of hydrogen-bond donors (Lipinski definition) is 5. The number of rotatable bonds is 16. The smallest absolute Gasteiger partial charge is 0.408 e. The highest BCUT2D eigenvalue weighted by Crippen LogP contribution is 2.13. The van der Waals surface area contributed by atoms with Gasteiger partial charge in [-0.15, -0.1) is 0 Å². The zero-order chi connectivity index (χ0) is 28.6. The first kappa shape index (κ1) is 34.7. The van der Waals surface area contributed by atoms with E-state index in [0.717, 1.165) is 25.7 Å². The molecule has 2 amide bonds. The third-order valence-electron chi connectivity index (χ3n) is 5.03. The molecule has 0 aliphatic heterocycles. The van der Waals surface area contributed by atoms with Crippen molar-refractivity contribution in [2.45, 2.75) is 105 Å². The largest absolute Gasteiger partial charge is 0.480 e. The highest BCUT2D eigenvalue weighted by atomic mass is 32.2. The fraction of sp³-hybridized carbons (Fsp3) is 0.667. The number of aliphatic carboxylic acids is 1. The number of amides is 2. The van der Waals surface area contributed by atoms with Crippen molar-refractivity contribution in [3.8, 4) is 0 Å². The van der Waals surface area contributed by atoms with Crippen LogP contribution in [0.1, 0.15) is 80.6 Å². The monoisotopic (exact) mass is 542 g/mol. The third-order valence-corrected chi connectivity index (χ3v) is 6.00. The summed E-state index contributed by atoms with van der Waals surface area (Å²) in [6, 6.07) is -2.58. The Kier molecular flexibility index (Phi) is 16.9. The molecule has 0 fully saturated rings.